The third-order valence-electron chi connectivity index (χ3n) is 4.78. The molecule has 6 nitrogen and oxygen atoms in total. The van der Waals surface area contributed by atoms with Gasteiger partial charge in [0.2, 0.25) is 0 Å². The summed E-state index contributed by atoms with van der Waals surface area (Å²) in [7, 11) is 0. The van der Waals surface area contributed by atoms with Crippen molar-refractivity contribution in [2.75, 3.05) is 23.8 Å². The molecule has 30 heavy (non-hydrogen) atoms. The molecule has 0 aliphatic heterocycles. The fourth-order valence-corrected chi connectivity index (χ4v) is 4.03. The molecule has 0 aliphatic rings. The molecular formula is C22H25BrN4O2S. The molecule has 3 rings (SSSR count). The maximum atomic E-state index is 12.3. The van der Waals surface area contributed by atoms with Gasteiger partial charge in [-0.3, -0.25) is 5.32 Å². The van der Waals surface area contributed by atoms with Gasteiger partial charge in [-0.2, -0.15) is 0 Å². The molecule has 0 radical (unpaired) electrons. The molecule has 0 bridgehead atoms. The van der Waals surface area contributed by atoms with E-state index in [-0.39, 0.29) is 18.1 Å². The fourth-order valence-electron chi connectivity index (χ4n) is 2.90. The summed E-state index contributed by atoms with van der Waals surface area (Å²) >= 11 is 4.88. The van der Waals surface area contributed by atoms with E-state index in [2.05, 4.69) is 62.8 Å². The normalized spacial score (nSPS) is 11.2. The molecule has 158 valence electrons. The van der Waals surface area contributed by atoms with Gasteiger partial charge in [-0.25, -0.2) is 9.78 Å². The molecule has 0 atom stereocenters. The standard InChI is InChI=1S/C22H25BrN4O2S/c1-22(2,16-5-7-17(23)8-6-16)19-14-30-21(26-19)27-20(29)25-13-15-3-9-18(10-4-15)24-11-12-28/h3-10,14,24,28H,11-13H2,1-2H3,(H2,25,26,27,29). The number of carbonyl (C=O) groups is 1. The topological polar surface area (TPSA) is 86.3 Å². The lowest BCUT2D eigenvalue weighted by atomic mass is 9.82. The average Bonchev–Trinajstić information content (AvgIpc) is 3.21. The minimum absolute atomic E-state index is 0.0856. The Hall–Kier alpha value is -2.42. The van der Waals surface area contributed by atoms with Crippen LogP contribution in [0.3, 0.4) is 0 Å². The second-order valence-corrected chi connectivity index (χ2v) is 9.10. The molecule has 8 heteroatoms. The predicted molar refractivity (Wildman–Crippen MR) is 126 cm³/mol. The van der Waals surface area contributed by atoms with Gasteiger partial charge in [-0.05, 0) is 35.4 Å². The first-order chi connectivity index (χ1) is 14.4. The molecule has 3 aromatic rings. The molecule has 0 saturated carbocycles. The van der Waals surface area contributed by atoms with E-state index < -0.39 is 0 Å². The van der Waals surface area contributed by atoms with Crippen LogP contribution in [0.2, 0.25) is 0 Å². The van der Waals surface area contributed by atoms with Crippen molar-refractivity contribution in [2.45, 2.75) is 25.8 Å². The highest BCUT2D eigenvalue weighted by Crippen LogP contribution is 2.33. The third-order valence-corrected chi connectivity index (χ3v) is 6.07. The lowest BCUT2D eigenvalue weighted by Crippen LogP contribution is -2.28. The van der Waals surface area contributed by atoms with Crippen LogP contribution in [0.25, 0.3) is 0 Å². The Labute approximate surface area is 188 Å². The van der Waals surface area contributed by atoms with E-state index in [9.17, 15) is 4.79 Å². The zero-order valence-corrected chi connectivity index (χ0v) is 19.3. The number of rotatable bonds is 8. The number of aromatic nitrogens is 1. The first kappa shape index (κ1) is 22.3. The molecular weight excluding hydrogens is 464 g/mol. The smallest absolute Gasteiger partial charge is 0.321 e. The molecule has 2 amide bonds. The number of aliphatic hydroxyl groups is 1. The molecule has 0 spiro atoms. The van der Waals surface area contributed by atoms with Gasteiger partial charge < -0.3 is 15.7 Å². The van der Waals surface area contributed by atoms with E-state index in [1.165, 1.54) is 11.3 Å². The number of halogens is 1. The van der Waals surface area contributed by atoms with Crippen molar-refractivity contribution < 1.29 is 9.90 Å². The van der Waals surface area contributed by atoms with Crippen LogP contribution in [-0.4, -0.2) is 29.3 Å². The van der Waals surface area contributed by atoms with Gasteiger partial charge in [0.15, 0.2) is 5.13 Å². The number of thiazole rings is 1. The number of benzene rings is 2. The number of nitrogens with one attached hydrogen (secondary N) is 3. The summed E-state index contributed by atoms with van der Waals surface area (Å²) in [5.74, 6) is 0. The highest BCUT2D eigenvalue weighted by atomic mass is 79.9. The Morgan fingerprint density at radius 3 is 2.50 bits per heavy atom. The highest BCUT2D eigenvalue weighted by molar-refractivity contribution is 9.10. The van der Waals surface area contributed by atoms with Crippen LogP contribution < -0.4 is 16.0 Å². The summed E-state index contributed by atoms with van der Waals surface area (Å²) in [6.45, 7) is 5.24. The van der Waals surface area contributed by atoms with E-state index >= 15 is 0 Å². The quantitative estimate of drug-likeness (QED) is 0.361. The number of anilines is 2. The van der Waals surface area contributed by atoms with E-state index in [0.717, 1.165) is 27.0 Å². The van der Waals surface area contributed by atoms with Gasteiger partial charge >= 0.3 is 6.03 Å². The molecule has 0 unspecified atom stereocenters. The van der Waals surface area contributed by atoms with E-state index in [4.69, 9.17) is 5.11 Å². The summed E-state index contributed by atoms with van der Waals surface area (Å²) in [6.07, 6.45) is 0. The highest BCUT2D eigenvalue weighted by Gasteiger charge is 2.26. The summed E-state index contributed by atoms with van der Waals surface area (Å²) in [4.78, 5) is 16.9. The van der Waals surface area contributed by atoms with Gasteiger partial charge in [0.05, 0.1) is 12.3 Å². The first-order valence-corrected chi connectivity index (χ1v) is 11.3. The fraction of sp³-hybridized carbons (Fsp3) is 0.273. The van der Waals surface area contributed by atoms with Crippen LogP contribution in [0.1, 0.15) is 30.7 Å². The van der Waals surface area contributed by atoms with Gasteiger partial charge in [0.1, 0.15) is 0 Å². The summed E-state index contributed by atoms with van der Waals surface area (Å²) in [5.41, 5.74) is 3.72. The number of aliphatic hydroxyl groups excluding tert-OH is 1. The number of urea groups is 1. The van der Waals surface area contributed by atoms with Crippen molar-refractivity contribution in [2.24, 2.45) is 0 Å². The third kappa shape index (κ3) is 5.81. The molecule has 0 aliphatic carbocycles. The Bertz CT molecular complexity index is 972. The van der Waals surface area contributed by atoms with Gasteiger partial charge in [-0.1, -0.05) is 54.0 Å². The maximum absolute atomic E-state index is 12.3. The molecule has 0 saturated heterocycles. The SMILES string of the molecule is CC(C)(c1ccc(Br)cc1)c1csc(NC(=O)NCc2ccc(NCCO)cc2)n1. The van der Waals surface area contributed by atoms with Crippen LogP contribution in [0.5, 0.6) is 0 Å². The van der Waals surface area contributed by atoms with Crippen LogP contribution in [0.15, 0.2) is 58.4 Å². The van der Waals surface area contributed by atoms with Crippen molar-refractivity contribution in [3.63, 3.8) is 0 Å². The predicted octanol–water partition coefficient (Wildman–Crippen LogP) is 4.96. The van der Waals surface area contributed by atoms with Crippen molar-refractivity contribution in [1.82, 2.24) is 10.3 Å². The number of nitrogens with zero attached hydrogens (tertiary/aromatic N) is 1. The Kier molecular flexibility index (Phi) is 7.47. The monoisotopic (exact) mass is 488 g/mol. The number of hydrogen-bond donors (Lipinski definition) is 4. The Morgan fingerprint density at radius 1 is 1.13 bits per heavy atom. The number of hydrogen-bond acceptors (Lipinski definition) is 5. The summed E-state index contributed by atoms with van der Waals surface area (Å²) < 4.78 is 1.04. The second kappa shape index (κ2) is 10.1. The van der Waals surface area contributed by atoms with Gasteiger partial charge in [0, 0.05) is 34.0 Å². The largest absolute Gasteiger partial charge is 0.395 e. The average molecular weight is 489 g/mol. The van der Waals surface area contributed by atoms with Crippen molar-refractivity contribution in [1.29, 1.82) is 0 Å². The van der Waals surface area contributed by atoms with E-state index in [0.29, 0.717) is 18.2 Å². The first-order valence-electron chi connectivity index (χ1n) is 9.59. The molecule has 0 fully saturated rings. The molecule has 4 N–H and O–H groups in total. The van der Waals surface area contributed by atoms with E-state index in [1.807, 2.05) is 41.8 Å². The van der Waals surface area contributed by atoms with E-state index in [1.54, 1.807) is 0 Å². The molecule has 1 heterocycles. The lowest BCUT2D eigenvalue weighted by Gasteiger charge is -2.23. The second-order valence-electron chi connectivity index (χ2n) is 7.32. The summed E-state index contributed by atoms with van der Waals surface area (Å²) in [5, 5.41) is 20.1. The van der Waals surface area contributed by atoms with Crippen LogP contribution in [-0.2, 0) is 12.0 Å². The zero-order chi connectivity index (χ0) is 21.6. The zero-order valence-electron chi connectivity index (χ0n) is 16.9. The summed E-state index contributed by atoms with van der Waals surface area (Å²) in [6, 6.07) is 15.6. The van der Waals surface area contributed by atoms with Crippen molar-refractivity contribution in [3.05, 3.63) is 75.2 Å². The Balaban J connectivity index is 1.55. The minimum atomic E-state index is -0.292. The molecule has 2 aromatic carbocycles. The van der Waals surface area contributed by atoms with Crippen LogP contribution in [0, 0.1) is 0 Å². The minimum Gasteiger partial charge on any atom is -0.395 e. The van der Waals surface area contributed by atoms with Crippen LogP contribution >= 0.6 is 27.3 Å². The Morgan fingerprint density at radius 2 is 1.83 bits per heavy atom. The van der Waals surface area contributed by atoms with Gasteiger partial charge in [-0.15, -0.1) is 11.3 Å². The van der Waals surface area contributed by atoms with Gasteiger partial charge in [0.25, 0.3) is 0 Å². The number of amides is 2. The number of carbonyl (C=O) groups excluding carboxylic acids is 1. The van der Waals surface area contributed by atoms with Crippen molar-refractivity contribution >= 4 is 44.1 Å². The maximum Gasteiger partial charge on any atom is 0.321 e. The molecule has 1 aromatic heterocycles. The van der Waals surface area contributed by atoms with Crippen LogP contribution in [0.4, 0.5) is 15.6 Å². The lowest BCUT2D eigenvalue weighted by molar-refractivity contribution is 0.251. The van der Waals surface area contributed by atoms with Crippen molar-refractivity contribution in [3.8, 4) is 0 Å².